The monoisotopic (exact) mass is 401 g/mol. The van der Waals surface area contributed by atoms with Gasteiger partial charge in [-0.2, -0.15) is 0 Å². The second kappa shape index (κ2) is 8.13. The molecule has 1 amide bonds. The third kappa shape index (κ3) is 3.79. The van der Waals surface area contributed by atoms with Crippen molar-refractivity contribution < 1.29 is 4.79 Å². The van der Waals surface area contributed by atoms with Crippen LogP contribution in [0.4, 0.5) is 0 Å². The summed E-state index contributed by atoms with van der Waals surface area (Å²) in [6.45, 7) is 2.01. The van der Waals surface area contributed by atoms with E-state index in [-0.39, 0.29) is 11.9 Å². The molecule has 138 valence electrons. The molecular formula is C24H19NOS2. The molecule has 1 fully saturated rings. The van der Waals surface area contributed by atoms with Crippen molar-refractivity contribution in [3.63, 3.8) is 0 Å². The molecule has 4 rings (SSSR count). The van der Waals surface area contributed by atoms with Crippen LogP contribution < -0.4 is 0 Å². The van der Waals surface area contributed by atoms with Crippen LogP contribution >= 0.6 is 24.0 Å². The van der Waals surface area contributed by atoms with Crippen molar-refractivity contribution in [2.45, 2.75) is 13.0 Å². The standard InChI is InChI=1S/C24H19NOS2/c1-17(19-8-4-2-5-9-19)25-23(26)22(28-24(25)27)16-18-12-14-21(15-13-18)20-10-6-3-7-11-20/h2-17H,1H3/b22-16-. The Labute approximate surface area is 174 Å². The predicted molar refractivity (Wildman–Crippen MR) is 122 cm³/mol. The lowest BCUT2D eigenvalue weighted by atomic mass is 10.0. The zero-order valence-corrected chi connectivity index (χ0v) is 17.0. The van der Waals surface area contributed by atoms with Gasteiger partial charge in [-0.3, -0.25) is 9.69 Å². The number of nitrogens with zero attached hydrogens (tertiary/aromatic N) is 1. The zero-order valence-electron chi connectivity index (χ0n) is 15.4. The van der Waals surface area contributed by atoms with E-state index in [0.717, 1.165) is 16.7 Å². The first-order chi connectivity index (χ1) is 13.6. The van der Waals surface area contributed by atoms with Crippen LogP contribution in [0.25, 0.3) is 17.2 Å². The molecule has 1 aliphatic rings. The molecule has 1 atom stereocenters. The lowest BCUT2D eigenvalue weighted by molar-refractivity contribution is -0.123. The van der Waals surface area contributed by atoms with Crippen LogP contribution in [-0.4, -0.2) is 15.1 Å². The molecule has 3 aromatic rings. The van der Waals surface area contributed by atoms with Crippen molar-refractivity contribution in [2.24, 2.45) is 0 Å². The third-order valence-electron chi connectivity index (χ3n) is 4.81. The number of amides is 1. The van der Waals surface area contributed by atoms with E-state index in [9.17, 15) is 4.79 Å². The van der Waals surface area contributed by atoms with E-state index in [2.05, 4.69) is 24.3 Å². The second-order valence-electron chi connectivity index (χ2n) is 6.63. The molecule has 0 aliphatic carbocycles. The summed E-state index contributed by atoms with van der Waals surface area (Å²) in [7, 11) is 0. The largest absolute Gasteiger partial charge is 0.286 e. The van der Waals surface area contributed by atoms with Crippen molar-refractivity contribution in [3.8, 4) is 11.1 Å². The molecule has 0 aromatic heterocycles. The molecule has 0 saturated carbocycles. The molecule has 4 heteroatoms. The number of hydrogen-bond acceptors (Lipinski definition) is 3. The minimum atomic E-state index is -0.0833. The maximum absolute atomic E-state index is 13.0. The van der Waals surface area contributed by atoms with Gasteiger partial charge in [-0.25, -0.2) is 0 Å². The molecule has 3 aromatic carbocycles. The Balaban J connectivity index is 1.56. The Bertz CT molecular complexity index is 1030. The smallest absolute Gasteiger partial charge is 0.266 e. The number of rotatable bonds is 4. The third-order valence-corrected chi connectivity index (χ3v) is 6.14. The highest BCUT2D eigenvalue weighted by molar-refractivity contribution is 8.26. The Morgan fingerprint density at radius 1 is 0.857 bits per heavy atom. The highest BCUT2D eigenvalue weighted by Crippen LogP contribution is 2.38. The van der Waals surface area contributed by atoms with E-state index >= 15 is 0 Å². The minimum absolute atomic E-state index is 0.0292. The number of carbonyl (C=O) groups is 1. The predicted octanol–water partition coefficient (Wildman–Crippen LogP) is 6.32. The van der Waals surface area contributed by atoms with E-state index in [4.69, 9.17) is 12.2 Å². The lowest BCUT2D eigenvalue weighted by Gasteiger charge is -2.23. The normalized spacial score (nSPS) is 16.6. The Morgan fingerprint density at radius 2 is 1.43 bits per heavy atom. The maximum Gasteiger partial charge on any atom is 0.266 e. The van der Waals surface area contributed by atoms with Crippen LogP contribution in [0.5, 0.6) is 0 Å². The van der Waals surface area contributed by atoms with Gasteiger partial charge >= 0.3 is 0 Å². The van der Waals surface area contributed by atoms with Crippen LogP contribution in [0.2, 0.25) is 0 Å². The van der Waals surface area contributed by atoms with Crippen LogP contribution in [0.15, 0.2) is 89.8 Å². The summed E-state index contributed by atoms with van der Waals surface area (Å²) in [5.41, 5.74) is 4.40. The fourth-order valence-electron chi connectivity index (χ4n) is 3.25. The summed E-state index contributed by atoms with van der Waals surface area (Å²) < 4.78 is 0.605. The molecule has 2 nitrogen and oxygen atoms in total. The SMILES string of the molecule is CC(c1ccccc1)N1C(=O)/C(=C/c2ccc(-c3ccccc3)cc2)SC1=S. The molecule has 1 heterocycles. The van der Waals surface area contributed by atoms with E-state index in [1.165, 1.54) is 17.3 Å². The van der Waals surface area contributed by atoms with Gasteiger partial charge in [0.15, 0.2) is 0 Å². The topological polar surface area (TPSA) is 20.3 Å². The summed E-state index contributed by atoms with van der Waals surface area (Å²) in [4.78, 5) is 15.3. The van der Waals surface area contributed by atoms with E-state index in [0.29, 0.717) is 9.23 Å². The summed E-state index contributed by atoms with van der Waals surface area (Å²) in [6, 6.07) is 28.4. The first kappa shape index (κ1) is 18.7. The molecule has 28 heavy (non-hydrogen) atoms. The number of thiocarbonyl (C=S) groups is 1. The van der Waals surface area contributed by atoms with Crippen LogP contribution in [0.1, 0.15) is 24.1 Å². The Hall–Kier alpha value is -2.69. The van der Waals surface area contributed by atoms with Crippen LogP contribution in [0.3, 0.4) is 0 Å². The first-order valence-corrected chi connectivity index (χ1v) is 10.3. The van der Waals surface area contributed by atoms with Gasteiger partial charge in [-0.15, -0.1) is 0 Å². The van der Waals surface area contributed by atoms with Crippen molar-refractivity contribution in [3.05, 3.63) is 101 Å². The van der Waals surface area contributed by atoms with Crippen molar-refractivity contribution in [1.82, 2.24) is 4.90 Å². The highest BCUT2D eigenvalue weighted by Gasteiger charge is 2.35. The Morgan fingerprint density at radius 3 is 2.07 bits per heavy atom. The average molecular weight is 402 g/mol. The van der Waals surface area contributed by atoms with E-state index < -0.39 is 0 Å². The summed E-state index contributed by atoms with van der Waals surface area (Å²) >= 11 is 6.87. The van der Waals surface area contributed by atoms with Crippen molar-refractivity contribution in [2.75, 3.05) is 0 Å². The van der Waals surface area contributed by atoms with Gasteiger partial charge in [0.25, 0.3) is 5.91 Å². The van der Waals surface area contributed by atoms with Gasteiger partial charge in [0.1, 0.15) is 4.32 Å². The number of thioether (sulfide) groups is 1. The quantitative estimate of drug-likeness (QED) is 0.377. The van der Waals surface area contributed by atoms with Crippen molar-refractivity contribution in [1.29, 1.82) is 0 Å². The maximum atomic E-state index is 13.0. The van der Waals surface area contributed by atoms with Gasteiger partial charge in [0.2, 0.25) is 0 Å². The molecule has 1 unspecified atom stereocenters. The molecule has 1 aliphatic heterocycles. The summed E-state index contributed by atoms with van der Waals surface area (Å²) in [6.07, 6.45) is 1.92. The van der Waals surface area contributed by atoms with E-state index in [1.807, 2.05) is 73.7 Å². The molecule has 0 spiro atoms. The molecule has 0 bridgehead atoms. The molecular weight excluding hydrogens is 382 g/mol. The fraction of sp³-hybridized carbons (Fsp3) is 0.0833. The molecule has 0 radical (unpaired) electrons. The fourth-order valence-corrected chi connectivity index (χ4v) is 4.67. The first-order valence-electron chi connectivity index (χ1n) is 9.11. The second-order valence-corrected chi connectivity index (χ2v) is 8.30. The van der Waals surface area contributed by atoms with Gasteiger partial charge in [-0.05, 0) is 35.3 Å². The minimum Gasteiger partial charge on any atom is -0.286 e. The van der Waals surface area contributed by atoms with Gasteiger partial charge in [0.05, 0.1) is 10.9 Å². The zero-order chi connectivity index (χ0) is 19.5. The number of hydrogen-bond donors (Lipinski definition) is 0. The highest BCUT2D eigenvalue weighted by atomic mass is 32.2. The van der Waals surface area contributed by atoms with Gasteiger partial charge in [-0.1, -0.05) is 109 Å². The van der Waals surface area contributed by atoms with Crippen molar-refractivity contribution >= 4 is 40.3 Å². The van der Waals surface area contributed by atoms with E-state index in [1.54, 1.807) is 4.90 Å². The Kier molecular flexibility index (Phi) is 5.42. The van der Waals surface area contributed by atoms with Gasteiger partial charge < -0.3 is 0 Å². The number of benzene rings is 3. The molecule has 0 N–H and O–H groups in total. The van der Waals surface area contributed by atoms with Crippen LogP contribution in [-0.2, 0) is 4.79 Å². The van der Waals surface area contributed by atoms with Gasteiger partial charge in [0, 0.05) is 0 Å². The lowest BCUT2D eigenvalue weighted by Crippen LogP contribution is -2.30. The number of carbonyl (C=O) groups excluding carboxylic acids is 1. The summed E-state index contributed by atoms with van der Waals surface area (Å²) in [5.74, 6) is -0.0292. The molecule has 1 saturated heterocycles. The summed E-state index contributed by atoms with van der Waals surface area (Å²) in [5, 5.41) is 0. The van der Waals surface area contributed by atoms with Crippen LogP contribution in [0, 0.1) is 0 Å². The average Bonchev–Trinajstić information content (AvgIpc) is 3.02.